The second-order valence-corrected chi connectivity index (χ2v) is 5.96. The summed E-state index contributed by atoms with van der Waals surface area (Å²) >= 11 is 11.6. The molecule has 1 aliphatic carbocycles. The standard InChI is InChI=1S/C14H16Cl2O/c1-14(13(16)17)8-2-3-11(9-14)10-4-6-12(15)7-5-10/h4-7,11H,2-3,8-9H2,1H3/t11-,14-/m0/s1. The van der Waals surface area contributed by atoms with Crippen molar-refractivity contribution in [3.63, 3.8) is 0 Å². The van der Waals surface area contributed by atoms with E-state index in [1.807, 2.05) is 19.1 Å². The van der Waals surface area contributed by atoms with Crippen LogP contribution in [0.2, 0.25) is 5.02 Å². The predicted octanol–water partition coefficient (Wildman–Crippen LogP) is 4.77. The molecule has 1 aromatic rings. The number of carbonyl (C=O) groups excluding carboxylic acids is 1. The number of halogens is 2. The van der Waals surface area contributed by atoms with Crippen LogP contribution in [-0.4, -0.2) is 5.24 Å². The second kappa shape index (κ2) is 4.99. The molecule has 0 spiro atoms. The Kier molecular flexibility index (Phi) is 3.79. The van der Waals surface area contributed by atoms with Crippen LogP contribution in [0.4, 0.5) is 0 Å². The lowest BCUT2D eigenvalue weighted by molar-refractivity contribution is -0.121. The van der Waals surface area contributed by atoms with Crippen molar-refractivity contribution in [2.75, 3.05) is 0 Å². The van der Waals surface area contributed by atoms with E-state index in [2.05, 4.69) is 12.1 Å². The summed E-state index contributed by atoms with van der Waals surface area (Å²) in [6, 6.07) is 7.92. The van der Waals surface area contributed by atoms with Gasteiger partial charge in [0.15, 0.2) is 0 Å². The maximum Gasteiger partial charge on any atom is 0.227 e. The first-order valence-electron chi connectivity index (χ1n) is 5.97. The first-order chi connectivity index (χ1) is 8.01. The number of hydrogen-bond donors (Lipinski definition) is 0. The molecule has 0 aliphatic heterocycles. The highest BCUT2D eigenvalue weighted by molar-refractivity contribution is 6.64. The highest BCUT2D eigenvalue weighted by atomic mass is 35.5. The summed E-state index contributed by atoms with van der Waals surface area (Å²) < 4.78 is 0. The summed E-state index contributed by atoms with van der Waals surface area (Å²) in [4.78, 5) is 11.5. The maximum atomic E-state index is 11.5. The van der Waals surface area contributed by atoms with E-state index in [0.717, 1.165) is 30.7 Å². The zero-order valence-electron chi connectivity index (χ0n) is 9.88. The van der Waals surface area contributed by atoms with Gasteiger partial charge in [-0.3, -0.25) is 4.79 Å². The molecular formula is C14H16Cl2O. The van der Waals surface area contributed by atoms with Gasteiger partial charge in [0.05, 0.1) is 0 Å². The minimum Gasteiger partial charge on any atom is -0.281 e. The Balaban J connectivity index is 2.17. The monoisotopic (exact) mass is 270 g/mol. The Bertz CT molecular complexity index is 413. The fourth-order valence-corrected chi connectivity index (χ4v) is 2.98. The van der Waals surface area contributed by atoms with Crippen molar-refractivity contribution >= 4 is 28.4 Å². The number of rotatable bonds is 2. The van der Waals surface area contributed by atoms with Gasteiger partial charge < -0.3 is 0 Å². The highest BCUT2D eigenvalue weighted by Gasteiger charge is 2.37. The van der Waals surface area contributed by atoms with Gasteiger partial charge in [0.2, 0.25) is 5.24 Å². The van der Waals surface area contributed by atoms with Crippen LogP contribution in [0, 0.1) is 5.41 Å². The normalized spacial score (nSPS) is 29.0. The first kappa shape index (κ1) is 12.9. The summed E-state index contributed by atoms with van der Waals surface area (Å²) in [5, 5.41) is 0.553. The zero-order chi connectivity index (χ0) is 12.5. The lowest BCUT2D eigenvalue weighted by Gasteiger charge is -2.35. The molecule has 0 unspecified atom stereocenters. The van der Waals surface area contributed by atoms with E-state index < -0.39 is 0 Å². The fraction of sp³-hybridized carbons (Fsp3) is 0.500. The van der Waals surface area contributed by atoms with Gasteiger partial charge in [-0.15, -0.1) is 0 Å². The smallest absolute Gasteiger partial charge is 0.227 e. The van der Waals surface area contributed by atoms with Crippen LogP contribution in [0.15, 0.2) is 24.3 Å². The van der Waals surface area contributed by atoms with Crippen LogP contribution in [0.5, 0.6) is 0 Å². The van der Waals surface area contributed by atoms with Gasteiger partial charge in [0.1, 0.15) is 0 Å². The van der Waals surface area contributed by atoms with Crippen molar-refractivity contribution in [3.8, 4) is 0 Å². The fourth-order valence-electron chi connectivity index (χ4n) is 2.68. The topological polar surface area (TPSA) is 17.1 Å². The van der Waals surface area contributed by atoms with E-state index in [1.54, 1.807) is 0 Å². The molecule has 0 radical (unpaired) electrons. The van der Waals surface area contributed by atoms with E-state index in [0.29, 0.717) is 5.92 Å². The van der Waals surface area contributed by atoms with Crippen molar-refractivity contribution in [1.29, 1.82) is 0 Å². The molecule has 1 aromatic carbocycles. The Morgan fingerprint density at radius 3 is 2.59 bits per heavy atom. The Morgan fingerprint density at radius 2 is 2.00 bits per heavy atom. The van der Waals surface area contributed by atoms with Crippen LogP contribution in [0.25, 0.3) is 0 Å². The lowest BCUT2D eigenvalue weighted by atomic mass is 9.70. The molecule has 1 aliphatic rings. The van der Waals surface area contributed by atoms with Crippen molar-refractivity contribution in [2.24, 2.45) is 5.41 Å². The molecule has 2 rings (SSSR count). The molecule has 0 amide bonds. The average molecular weight is 271 g/mol. The van der Waals surface area contributed by atoms with E-state index >= 15 is 0 Å². The number of hydrogen-bond acceptors (Lipinski definition) is 1. The minimum atomic E-state index is -0.357. The number of carbonyl (C=O) groups is 1. The van der Waals surface area contributed by atoms with Crippen LogP contribution < -0.4 is 0 Å². The summed E-state index contributed by atoms with van der Waals surface area (Å²) in [5.74, 6) is 0.425. The van der Waals surface area contributed by atoms with Gasteiger partial charge >= 0.3 is 0 Å². The Morgan fingerprint density at radius 1 is 1.35 bits per heavy atom. The third-order valence-corrected chi connectivity index (χ3v) is 4.50. The third-order valence-electron chi connectivity index (χ3n) is 3.79. The summed E-state index contributed by atoms with van der Waals surface area (Å²) in [7, 11) is 0. The van der Waals surface area contributed by atoms with Crippen molar-refractivity contribution in [3.05, 3.63) is 34.9 Å². The van der Waals surface area contributed by atoms with Gasteiger partial charge in [-0.2, -0.15) is 0 Å². The lowest BCUT2D eigenvalue weighted by Crippen LogP contribution is -2.30. The molecule has 0 bridgehead atoms. The number of benzene rings is 1. The molecule has 3 heteroatoms. The molecule has 0 saturated heterocycles. The van der Waals surface area contributed by atoms with E-state index in [-0.39, 0.29) is 10.7 Å². The molecule has 0 aromatic heterocycles. The molecule has 17 heavy (non-hydrogen) atoms. The molecule has 92 valence electrons. The van der Waals surface area contributed by atoms with Gasteiger partial charge in [0, 0.05) is 10.4 Å². The van der Waals surface area contributed by atoms with E-state index in [9.17, 15) is 4.79 Å². The van der Waals surface area contributed by atoms with Crippen molar-refractivity contribution in [1.82, 2.24) is 0 Å². The Labute approximate surface area is 112 Å². The van der Waals surface area contributed by atoms with E-state index in [4.69, 9.17) is 23.2 Å². The Hall–Kier alpha value is -0.530. The molecule has 2 atom stereocenters. The largest absolute Gasteiger partial charge is 0.281 e. The molecule has 1 nitrogen and oxygen atoms in total. The summed E-state index contributed by atoms with van der Waals surface area (Å²) in [6.45, 7) is 1.98. The molecule has 0 N–H and O–H groups in total. The van der Waals surface area contributed by atoms with Crippen molar-refractivity contribution < 1.29 is 4.79 Å². The SMILES string of the molecule is C[C@]1(C(=O)Cl)CCC[C@H](c2ccc(Cl)cc2)C1. The van der Waals surface area contributed by atoms with Gasteiger partial charge in [-0.1, -0.05) is 37.1 Å². The van der Waals surface area contributed by atoms with Crippen molar-refractivity contribution in [2.45, 2.75) is 38.5 Å². The van der Waals surface area contributed by atoms with Crippen LogP contribution >= 0.6 is 23.2 Å². The van der Waals surface area contributed by atoms with Gasteiger partial charge in [-0.25, -0.2) is 0 Å². The quantitative estimate of drug-likeness (QED) is 0.708. The summed E-state index contributed by atoms with van der Waals surface area (Å²) in [5.41, 5.74) is 0.905. The van der Waals surface area contributed by atoms with Crippen LogP contribution in [0.1, 0.15) is 44.1 Å². The van der Waals surface area contributed by atoms with Crippen LogP contribution in [-0.2, 0) is 4.79 Å². The predicted molar refractivity (Wildman–Crippen MR) is 71.6 cm³/mol. The van der Waals surface area contributed by atoms with E-state index in [1.165, 1.54) is 5.56 Å². The third kappa shape index (κ3) is 2.83. The van der Waals surface area contributed by atoms with Crippen LogP contribution in [0.3, 0.4) is 0 Å². The second-order valence-electron chi connectivity index (χ2n) is 5.18. The summed E-state index contributed by atoms with van der Waals surface area (Å²) in [6.07, 6.45) is 3.93. The molecule has 1 fully saturated rings. The zero-order valence-corrected chi connectivity index (χ0v) is 11.4. The van der Waals surface area contributed by atoms with Gasteiger partial charge in [0.25, 0.3) is 0 Å². The minimum absolute atomic E-state index is 0.198. The molecular weight excluding hydrogens is 255 g/mol. The highest BCUT2D eigenvalue weighted by Crippen LogP contribution is 2.45. The average Bonchev–Trinajstić information content (AvgIpc) is 2.30. The maximum absolute atomic E-state index is 11.5. The van der Waals surface area contributed by atoms with Gasteiger partial charge in [-0.05, 0) is 54.5 Å². The first-order valence-corrected chi connectivity index (χ1v) is 6.72. The molecule has 1 saturated carbocycles. The molecule has 0 heterocycles.